The Morgan fingerprint density at radius 1 is 1.15 bits per heavy atom. The maximum absolute atomic E-state index is 12.5. The lowest BCUT2D eigenvalue weighted by Gasteiger charge is -2.36. The molecule has 1 aliphatic rings. The zero-order chi connectivity index (χ0) is 18.4. The number of nitrogens with one attached hydrogen (secondary N) is 2. The van der Waals surface area contributed by atoms with Gasteiger partial charge >= 0.3 is 0 Å². The van der Waals surface area contributed by atoms with Gasteiger partial charge in [-0.1, -0.05) is 18.2 Å². The van der Waals surface area contributed by atoms with E-state index in [1.165, 1.54) is 0 Å². The molecule has 2 aromatic carbocycles. The van der Waals surface area contributed by atoms with Crippen LogP contribution in [0.3, 0.4) is 0 Å². The molecule has 1 heterocycles. The normalized spacial score (nSPS) is 17.5. The standard InChI is InChI=1S/C20H25N3O3/c1-25-16-9-7-15(8-10-16)22-20(24)14-23-12-11-21-13-18(23)17-5-3-4-6-19(17)26-2/h3-10,18,21H,11-14H2,1-2H3,(H,22,24)/t18-/m0/s1. The third-order valence-electron chi connectivity index (χ3n) is 4.57. The second-order valence-corrected chi connectivity index (χ2v) is 6.21. The minimum atomic E-state index is -0.0306. The van der Waals surface area contributed by atoms with E-state index in [0.717, 1.165) is 42.4 Å². The fourth-order valence-corrected chi connectivity index (χ4v) is 3.24. The predicted octanol–water partition coefficient (Wildman–Crippen LogP) is 2.29. The lowest BCUT2D eigenvalue weighted by atomic mass is 10.0. The molecular formula is C20H25N3O3. The van der Waals surface area contributed by atoms with E-state index in [0.29, 0.717) is 6.54 Å². The van der Waals surface area contributed by atoms with E-state index in [-0.39, 0.29) is 11.9 Å². The summed E-state index contributed by atoms with van der Waals surface area (Å²) < 4.78 is 10.6. The van der Waals surface area contributed by atoms with Crippen molar-refractivity contribution in [1.82, 2.24) is 10.2 Å². The first-order chi connectivity index (χ1) is 12.7. The molecule has 2 N–H and O–H groups in total. The quantitative estimate of drug-likeness (QED) is 0.832. The molecule has 1 atom stereocenters. The van der Waals surface area contributed by atoms with Gasteiger partial charge in [-0.3, -0.25) is 9.69 Å². The van der Waals surface area contributed by atoms with Gasteiger partial charge in [0, 0.05) is 30.9 Å². The number of carbonyl (C=O) groups is 1. The van der Waals surface area contributed by atoms with Gasteiger partial charge in [0.25, 0.3) is 0 Å². The summed E-state index contributed by atoms with van der Waals surface area (Å²) in [5.74, 6) is 1.58. The van der Waals surface area contributed by atoms with Gasteiger partial charge in [-0.25, -0.2) is 0 Å². The van der Waals surface area contributed by atoms with Gasteiger partial charge in [-0.15, -0.1) is 0 Å². The summed E-state index contributed by atoms with van der Waals surface area (Å²) >= 11 is 0. The number of hydrogen-bond acceptors (Lipinski definition) is 5. The van der Waals surface area contributed by atoms with Gasteiger partial charge < -0.3 is 20.1 Å². The number of hydrogen-bond donors (Lipinski definition) is 2. The number of amides is 1. The van der Waals surface area contributed by atoms with Crippen molar-refractivity contribution in [1.29, 1.82) is 0 Å². The Morgan fingerprint density at radius 2 is 1.92 bits per heavy atom. The third-order valence-corrected chi connectivity index (χ3v) is 4.57. The number of nitrogens with zero attached hydrogens (tertiary/aromatic N) is 1. The largest absolute Gasteiger partial charge is 0.497 e. The van der Waals surface area contributed by atoms with Crippen LogP contribution in [-0.4, -0.2) is 51.2 Å². The summed E-state index contributed by atoms with van der Waals surface area (Å²) in [6.45, 7) is 2.78. The molecule has 0 aliphatic carbocycles. The van der Waals surface area contributed by atoms with Crippen molar-refractivity contribution >= 4 is 11.6 Å². The SMILES string of the molecule is COc1ccc(NC(=O)CN2CCNC[C@H]2c2ccccc2OC)cc1. The zero-order valence-electron chi connectivity index (χ0n) is 15.2. The Labute approximate surface area is 154 Å². The van der Waals surface area contributed by atoms with Gasteiger partial charge in [0.15, 0.2) is 0 Å². The molecule has 6 heteroatoms. The minimum Gasteiger partial charge on any atom is -0.497 e. The van der Waals surface area contributed by atoms with Crippen molar-refractivity contribution in [3.8, 4) is 11.5 Å². The van der Waals surface area contributed by atoms with E-state index >= 15 is 0 Å². The molecule has 0 aromatic heterocycles. The van der Waals surface area contributed by atoms with Crippen LogP contribution >= 0.6 is 0 Å². The number of methoxy groups -OCH3 is 2. The first-order valence-corrected chi connectivity index (χ1v) is 8.73. The molecule has 1 aliphatic heterocycles. The monoisotopic (exact) mass is 355 g/mol. The van der Waals surface area contributed by atoms with Gasteiger partial charge in [0.1, 0.15) is 11.5 Å². The van der Waals surface area contributed by atoms with Gasteiger partial charge in [-0.2, -0.15) is 0 Å². The Morgan fingerprint density at radius 3 is 2.65 bits per heavy atom. The van der Waals surface area contributed by atoms with Crippen molar-refractivity contribution < 1.29 is 14.3 Å². The van der Waals surface area contributed by atoms with E-state index in [1.54, 1.807) is 14.2 Å². The Balaban J connectivity index is 1.68. The maximum Gasteiger partial charge on any atom is 0.238 e. The average molecular weight is 355 g/mol. The van der Waals surface area contributed by atoms with E-state index in [9.17, 15) is 4.79 Å². The van der Waals surface area contributed by atoms with Crippen molar-refractivity contribution in [3.63, 3.8) is 0 Å². The zero-order valence-corrected chi connectivity index (χ0v) is 15.2. The molecule has 3 rings (SSSR count). The molecule has 26 heavy (non-hydrogen) atoms. The summed E-state index contributed by atoms with van der Waals surface area (Å²) in [4.78, 5) is 14.7. The molecule has 2 aromatic rings. The second-order valence-electron chi connectivity index (χ2n) is 6.21. The molecular weight excluding hydrogens is 330 g/mol. The number of piperazine rings is 1. The summed E-state index contributed by atoms with van der Waals surface area (Å²) in [6, 6.07) is 15.4. The van der Waals surface area contributed by atoms with Crippen LogP contribution in [0.2, 0.25) is 0 Å². The van der Waals surface area contributed by atoms with Gasteiger partial charge in [-0.05, 0) is 30.3 Å². The Hall–Kier alpha value is -2.57. The van der Waals surface area contributed by atoms with Crippen molar-refractivity contribution in [2.24, 2.45) is 0 Å². The number of rotatable bonds is 6. The topological polar surface area (TPSA) is 62.8 Å². The van der Waals surface area contributed by atoms with Crippen LogP contribution in [-0.2, 0) is 4.79 Å². The third kappa shape index (κ3) is 4.33. The molecule has 6 nitrogen and oxygen atoms in total. The first-order valence-electron chi connectivity index (χ1n) is 8.73. The fraction of sp³-hybridized carbons (Fsp3) is 0.350. The minimum absolute atomic E-state index is 0.0306. The first kappa shape index (κ1) is 18.2. The lowest BCUT2D eigenvalue weighted by molar-refractivity contribution is -0.118. The van der Waals surface area contributed by atoms with Gasteiger partial charge in [0.2, 0.25) is 5.91 Å². The highest BCUT2D eigenvalue weighted by Crippen LogP contribution is 2.30. The molecule has 1 saturated heterocycles. The van der Waals surface area contributed by atoms with Gasteiger partial charge in [0.05, 0.1) is 26.8 Å². The number of ether oxygens (including phenoxy) is 2. The fourth-order valence-electron chi connectivity index (χ4n) is 3.24. The number of benzene rings is 2. The van der Waals surface area contributed by atoms with Crippen molar-refractivity contribution in [2.75, 3.05) is 45.7 Å². The van der Waals surface area contributed by atoms with E-state index in [4.69, 9.17) is 9.47 Å². The van der Waals surface area contributed by atoms with Crippen LogP contribution in [0.4, 0.5) is 5.69 Å². The highest BCUT2D eigenvalue weighted by Gasteiger charge is 2.27. The predicted molar refractivity (Wildman–Crippen MR) is 102 cm³/mol. The Bertz CT molecular complexity index is 733. The smallest absolute Gasteiger partial charge is 0.238 e. The van der Waals surface area contributed by atoms with Crippen LogP contribution in [0, 0.1) is 0 Å². The maximum atomic E-state index is 12.5. The number of anilines is 1. The molecule has 1 amide bonds. The van der Waals surface area contributed by atoms with E-state index < -0.39 is 0 Å². The summed E-state index contributed by atoms with van der Waals surface area (Å²) in [7, 11) is 3.30. The van der Waals surface area contributed by atoms with Crippen molar-refractivity contribution in [2.45, 2.75) is 6.04 Å². The lowest BCUT2D eigenvalue weighted by Crippen LogP contribution is -2.48. The molecule has 0 saturated carbocycles. The molecule has 0 unspecified atom stereocenters. The molecule has 1 fully saturated rings. The number of carbonyl (C=O) groups excluding carboxylic acids is 1. The van der Waals surface area contributed by atoms with Crippen LogP contribution in [0.15, 0.2) is 48.5 Å². The van der Waals surface area contributed by atoms with Crippen LogP contribution in [0.25, 0.3) is 0 Å². The summed E-state index contributed by atoms with van der Waals surface area (Å²) in [6.07, 6.45) is 0. The summed E-state index contributed by atoms with van der Waals surface area (Å²) in [5, 5.41) is 6.36. The second kappa shape index (κ2) is 8.69. The van der Waals surface area contributed by atoms with Crippen LogP contribution < -0.4 is 20.1 Å². The van der Waals surface area contributed by atoms with Crippen molar-refractivity contribution in [3.05, 3.63) is 54.1 Å². The number of para-hydroxylation sites is 1. The van der Waals surface area contributed by atoms with Crippen LogP contribution in [0.1, 0.15) is 11.6 Å². The highest BCUT2D eigenvalue weighted by molar-refractivity contribution is 5.92. The van der Waals surface area contributed by atoms with Crippen LogP contribution in [0.5, 0.6) is 11.5 Å². The average Bonchev–Trinajstić information content (AvgIpc) is 2.69. The molecule has 138 valence electrons. The molecule has 0 spiro atoms. The van der Waals surface area contributed by atoms with E-state index in [2.05, 4.69) is 21.6 Å². The van der Waals surface area contributed by atoms with E-state index in [1.807, 2.05) is 42.5 Å². The molecule has 0 bridgehead atoms. The Kier molecular flexibility index (Phi) is 6.09. The molecule has 0 radical (unpaired) electrons. The highest BCUT2D eigenvalue weighted by atomic mass is 16.5. The summed E-state index contributed by atoms with van der Waals surface area (Å²) in [5.41, 5.74) is 1.86.